The molecule has 8 rings (SSSR count). The molecule has 0 aliphatic carbocycles. The van der Waals surface area contributed by atoms with E-state index < -0.39 is 36.3 Å². The van der Waals surface area contributed by atoms with Gasteiger partial charge in [0.15, 0.2) is 0 Å². The average Bonchev–Trinajstić information content (AvgIpc) is 3.14. The van der Waals surface area contributed by atoms with Gasteiger partial charge in [0, 0.05) is 0 Å². The molecule has 8 aromatic carbocycles. The summed E-state index contributed by atoms with van der Waals surface area (Å²) in [6.45, 7) is 0. The quantitative estimate of drug-likeness (QED) is 0.204. The van der Waals surface area contributed by atoms with Crippen molar-refractivity contribution in [2.45, 2.75) is 0 Å². The van der Waals surface area contributed by atoms with E-state index in [1.54, 1.807) is 54.6 Å². The molecule has 0 N–H and O–H groups in total. The van der Waals surface area contributed by atoms with E-state index in [9.17, 15) is 5.48 Å². The molecule has 0 fully saturated rings. The van der Waals surface area contributed by atoms with E-state index >= 15 is 0 Å². The largest absolute Gasteiger partial charge is 0.0629 e. The third kappa shape index (κ3) is 3.54. The molecule has 0 spiro atoms. The summed E-state index contributed by atoms with van der Waals surface area (Å²) in [7, 11) is 0. The minimum Gasteiger partial charge on any atom is -0.0616 e. The van der Waals surface area contributed by atoms with Gasteiger partial charge in [0.2, 0.25) is 0 Å². The molecule has 0 heteroatoms. The van der Waals surface area contributed by atoms with E-state index in [2.05, 4.69) is 0 Å². The molecule has 0 amide bonds. The van der Waals surface area contributed by atoms with Gasteiger partial charge in [-0.05, 0) is 76.5 Å². The van der Waals surface area contributed by atoms with Crippen LogP contribution in [0, 0.1) is 0 Å². The van der Waals surface area contributed by atoms with Gasteiger partial charge in [-0.3, -0.25) is 0 Å². The highest BCUT2D eigenvalue weighted by Crippen LogP contribution is 2.45. The first-order valence-corrected chi connectivity index (χ1v) is 13.0. The smallest absolute Gasteiger partial charge is 0.0616 e. The Morgan fingerprint density at radius 1 is 0.325 bits per heavy atom. The summed E-state index contributed by atoms with van der Waals surface area (Å²) < 4.78 is 98.0. The molecule has 186 valence electrons. The van der Waals surface area contributed by atoms with Gasteiger partial charge in [-0.15, -0.1) is 0 Å². The Morgan fingerprint density at radius 2 is 0.875 bits per heavy atom. The lowest BCUT2D eigenvalue weighted by molar-refractivity contribution is 1.63. The second-order valence-electron chi connectivity index (χ2n) is 9.62. The van der Waals surface area contributed by atoms with Gasteiger partial charge in [0.05, 0.1) is 15.1 Å². The molecule has 0 unspecified atom stereocenters. The van der Waals surface area contributed by atoms with Crippen molar-refractivity contribution in [2.75, 3.05) is 0 Å². The van der Waals surface area contributed by atoms with Crippen molar-refractivity contribution in [3.8, 4) is 33.4 Å². The van der Waals surface area contributed by atoms with Crippen LogP contribution < -0.4 is 0 Å². The summed E-state index contributed by atoms with van der Waals surface area (Å²) >= 11 is 0. The van der Waals surface area contributed by atoms with Gasteiger partial charge < -0.3 is 0 Å². The van der Waals surface area contributed by atoms with Crippen LogP contribution in [0.1, 0.15) is 15.1 Å². The second kappa shape index (κ2) is 9.22. The zero-order valence-electron chi connectivity index (χ0n) is 32.2. The van der Waals surface area contributed by atoms with Crippen LogP contribution in [0.2, 0.25) is 0 Å². The first-order chi connectivity index (χ1) is 24.5. The number of hydrogen-bond acceptors (Lipinski definition) is 0. The molecule has 0 aliphatic heterocycles. The number of rotatable bonds is 3. The van der Waals surface area contributed by atoms with Crippen molar-refractivity contribution in [2.24, 2.45) is 0 Å². The molecular formula is C40H26. The molecule has 0 radical (unpaired) electrons. The molecular weight excluding hydrogens is 480 g/mol. The molecule has 40 heavy (non-hydrogen) atoms. The molecule has 0 atom stereocenters. The molecule has 8 aromatic rings. The fourth-order valence-electron chi connectivity index (χ4n) is 5.68. The number of fused-ring (bicyclic) bond motifs is 4. The number of hydrogen-bond donors (Lipinski definition) is 0. The lowest BCUT2D eigenvalue weighted by atomic mass is 9.84. The third-order valence-electron chi connectivity index (χ3n) is 7.43. The first-order valence-electron chi connectivity index (χ1n) is 18.5. The maximum atomic E-state index is 9.38. The van der Waals surface area contributed by atoms with Gasteiger partial charge in [0.25, 0.3) is 0 Å². The highest BCUT2D eigenvalue weighted by Gasteiger charge is 2.17. The minimum absolute atomic E-state index is 0.0428. The molecule has 0 heterocycles. The van der Waals surface area contributed by atoms with Crippen LogP contribution in [-0.4, -0.2) is 0 Å². The van der Waals surface area contributed by atoms with Gasteiger partial charge in [-0.2, -0.15) is 0 Å². The van der Waals surface area contributed by atoms with E-state index in [1.807, 2.05) is 36.4 Å². The second-order valence-corrected chi connectivity index (χ2v) is 9.62. The normalized spacial score (nSPS) is 15.3. The Bertz CT molecular complexity index is 2720. The molecule has 0 saturated heterocycles. The lowest BCUT2D eigenvalue weighted by Crippen LogP contribution is -1.91. The lowest BCUT2D eigenvalue weighted by Gasteiger charge is -2.19. The maximum Gasteiger partial charge on any atom is 0.0629 e. The first kappa shape index (κ1) is 14.3. The van der Waals surface area contributed by atoms with Crippen LogP contribution in [0.15, 0.2) is 157 Å². The monoisotopic (exact) mass is 517 g/mol. The summed E-state index contributed by atoms with van der Waals surface area (Å²) in [5.41, 5.74) is 1.78. The van der Waals surface area contributed by atoms with Gasteiger partial charge >= 0.3 is 0 Å². The van der Waals surface area contributed by atoms with Crippen molar-refractivity contribution in [3.05, 3.63) is 157 Å². The van der Waals surface area contributed by atoms with Crippen molar-refractivity contribution >= 4 is 43.1 Å². The zero-order chi connectivity index (χ0) is 36.0. The minimum atomic E-state index is -0.538. The van der Waals surface area contributed by atoms with Crippen LogP contribution in [0.5, 0.6) is 0 Å². The fourth-order valence-corrected chi connectivity index (χ4v) is 5.68. The highest BCUT2D eigenvalue weighted by molar-refractivity contribution is 6.23. The molecule has 0 bridgehead atoms. The van der Waals surface area contributed by atoms with Crippen molar-refractivity contribution in [3.63, 3.8) is 0 Å². The Kier molecular flexibility index (Phi) is 3.29. The van der Waals surface area contributed by atoms with Crippen molar-refractivity contribution in [1.82, 2.24) is 0 Å². The van der Waals surface area contributed by atoms with Crippen molar-refractivity contribution < 1.29 is 15.1 Å². The topological polar surface area (TPSA) is 0 Å². The van der Waals surface area contributed by atoms with Gasteiger partial charge in [0.1, 0.15) is 0 Å². The van der Waals surface area contributed by atoms with E-state index in [0.717, 1.165) is 10.8 Å². The molecule has 0 aliphatic rings. The van der Waals surface area contributed by atoms with Gasteiger partial charge in [-0.25, -0.2) is 0 Å². The Labute approximate surface area is 249 Å². The predicted molar refractivity (Wildman–Crippen MR) is 173 cm³/mol. The standard InChI is InChI=1S/C40H26/c1-3-15-31-27(11-1)13-9-21-32(31)29-23-25-30(26-24-29)39-35-17-5-7-19-37(35)40(38-20-8-6-18-36(38)39)34-22-10-14-28-12-2-4-16-33(28)34/h1-26H/i2D,4D,10D,12D,14D,16D,22D,23D,24D,25D,26D. The van der Waals surface area contributed by atoms with Crippen LogP contribution in [0.3, 0.4) is 0 Å². The highest BCUT2D eigenvalue weighted by atomic mass is 14.2. The average molecular weight is 518 g/mol. The van der Waals surface area contributed by atoms with E-state index in [1.165, 1.54) is 0 Å². The molecule has 0 saturated carbocycles. The summed E-state index contributed by atoms with van der Waals surface area (Å²) in [6, 6.07) is 23.2. The Morgan fingerprint density at radius 3 is 1.60 bits per heavy atom. The van der Waals surface area contributed by atoms with Crippen LogP contribution in [-0.2, 0) is 0 Å². The molecule has 0 nitrogen and oxygen atoms in total. The van der Waals surface area contributed by atoms with Crippen LogP contribution >= 0.6 is 0 Å². The SMILES string of the molecule is [2H]c1c([2H])c(-c2c3ccccc3c(-c3c([2H])c([2H])c([2H])c4c([2H])c([2H])c([2H])c([2H])c34)c3ccccc23)c([2H])c([2H])c1-c1cccc2ccccc12. The van der Waals surface area contributed by atoms with E-state index in [4.69, 9.17) is 9.60 Å². The van der Waals surface area contributed by atoms with Gasteiger partial charge in [-0.1, -0.05) is 157 Å². The zero-order valence-corrected chi connectivity index (χ0v) is 21.2. The maximum absolute atomic E-state index is 9.38. The van der Waals surface area contributed by atoms with Crippen LogP contribution in [0.4, 0.5) is 0 Å². The fraction of sp³-hybridized carbons (Fsp3) is 0. The van der Waals surface area contributed by atoms with E-state index in [-0.39, 0.29) is 57.7 Å². The molecule has 0 aromatic heterocycles. The Hall–Kier alpha value is -5.20. The Balaban J connectivity index is 1.54. The summed E-state index contributed by atoms with van der Waals surface area (Å²) in [5.74, 6) is 0. The summed E-state index contributed by atoms with van der Waals surface area (Å²) in [6.07, 6.45) is 0. The predicted octanol–water partition coefficient (Wildman–Crippen LogP) is 11.3. The number of benzene rings is 8. The third-order valence-corrected chi connectivity index (χ3v) is 7.43. The summed E-state index contributed by atoms with van der Waals surface area (Å²) in [4.78, 5) is 0. The summed E-state index contributed by atoms with van der Waals surface area (Å²) in [5, 5.41) is 3.60. The van der Waals surface area contributed by atoms with E-state index in [0.29, 0.717) is 38.2 Å². The van der Waals surface area contributed by atoms with Crippen LogP contribution in [0.25, 0.3) is 76.5 Å². The van der Waals surface area contributed by atoms with Crippen molar-refractivity contribution in [1.29, 1.82) is 0 Å².